The molecular formula is C29H30N6O4S. The molecule has 40 heavy (non-hydrogen) atoms. The van der Waals surface area contributed by atoms with Gasteiger partial charge in [0.15, 0.2) is 0 Å². The number of hydrogen-bond donors (Lipinski definition) is 3. The third kappa shape index (κ3) is 5.09. The van der Waals surface area contributed by atoms with Crippen LogP contribution in [0.15, 0.2) is 71.9 Å². The van der Waals surface area contributed by atoms with Gasteiger partial charge in [-0.25, -0.2) is 9.78 Å². The van der Waals surface area contributed by atoms with Crippen LogP contribution in [-0.2, 0) is 9.59 Å². The first-order chi connectivity index (χ1) is 19.5. The molecule has 1 aromatic heterocycles. The number of pyridine rings is 1. The zero-order chi connectivity index (χ0) is 27.6. The van der Waals surface area contributed by atoms with Crippen molar-refractivity contribution >= 4 is 41.0 Å². The van der Waals surface area contributed by atoms with Gasteiger partial charge in [0.1, 0.15) is 21.8 Å². The number of nitrogens with zero attached hydrogens (tertiary/aromatic N) is 3. The Balaban J connectivity index is 1.18. The number of likely N-dealkylation sites (tertiary alicyclic amines) is 1. The van der Waals surface area contributed by atoms with Crippen LogP contribution in [0.2, 0.25) is 0 Å². The minimum atomic E-state index is -0.556. The summed E-state index contributed by atoms with van der Waals surface area (Å²) in [6, 6.07) is 17.7. The number of amides is 4. The van der Waals surface area contributed by atoms with Crippen molar-refractivity contribution in [1.29, 1.82) is 0 Å². The zero-order valence-corrected chi connectivity index (χ0v) is 22.8. The topological polar surface area (TPSA) is 116 Å². The van der Waals surface area contributed by atoms with Gasteiger partial charge in [-0.3, -0.25) is 14.5 Å². The van der Waals surface area contributed by atoms with Crippen LogP contribution < -0.4 is 25.6 Å². The first kappa shape index (κ1) is 26.1. The van der Waals surface area contributed by atoms with Gasteiger partial charge in [-0.1, -0.05) is 30.0 Å². The van der Waals surface area contributed by atoms with Gasteiger partial charge in [-0.05, 0) is 62.4 Å². The molecule has 6 rings (SSSR count). The summed E-state index contributed by atoms with van der Waals surface area (Å²) in [5.41, 5.74) is 2.22. The lowest BCUT2D eigenvalue weighted by Crippen LogP contribution is -2.54. The van der Waals surface area contributed by atoms with Crippen LogP contribution in [0.1, 0.15) is 24.4 Å². The molecule has 0 bridgehead atoms. The van der Waals surface area contributed by atoms with E-state index < -0.39 is 11.3 Å². The van der Waals surface area contributed by atoms with Crippen LogP contribution in [0.25, 0.3) is 0 Å². The van der Waals surface area contributed by atoms with Crippen LogP contribution in [-0.4, -0.2) is 65.7 Å². The summed E-state index contributed by atoms with van der Waals surface area (Å²) in [6.07, 6.45) is 3.30. The van der Waals surface area contributed by atoms with Gasteiger partial charge in [0, 0.05) is 30.9 Å². The average Bonchev–Trinajstić information content (AvgIpc) is 3.34. The van der Waals surface area contributed by atoms with Crippen molar-refractivity contribution in [3.05, 3.63) is 72.4 Å². The molecule has 0 radical (unpaired) electrons. The first-order valence-electron chi connectivity index (χ1n) is 13.3. The number of rotatable bonds is 7. The molecule has 0 saturated carbocycles. The van der Waals surface area contributed by atoms with E-state index in [9.17, 15) is 14.4 Å². The highest BCUT2D eigenvalue weighted by molar-refractivity contribution is 8.01. The van der Waals surface area contributed by atoms with Gasteiger partial charge in [-0.2, -0.15) is 0 Å². The molecule has 0 aliphatic carbocycles. The third-order valence-electron chi connectivity index (χ3n) is 7.29. The van der Waals surface area contributed by atoms with Crippen LogP contribution >= 0.6 is 11.8 Å². The molecular weight excluding hydrogens is 528 g/mol. The van der Waals surface area contributed by atoms with Crippen molar-refractivity contribution in [2.75, 3.05) is 31.6 Å². The van der Waals surface area contributed by atoms with Crippen molar-refractivity contribution in [2.24, 2.45) is 0 Å². The summed E-state index contributed by atoms with van der Waals surface area (Å²) < 4.78 is 5.90. The van der Waals surface area contributed by atoms with Crippen LogP contribution in [0.4, 0.5) is 16.2 Å². The summed E-state index contributed by atoms with van der Waals surface area (Å²) in [4.78, 5) is 47.2. The Morgan fingerprint density at radius 1 is 1.10 bits per heavy atom. The lowest BCUT2D eigenvalue weighted by atomic mass is 9.99. The Bertz CT molecular complexity index is 1420. The highest BCUT2D eigenvalue weighted by Gasteiger charge is 2.47. The maximum Gasteiger partial charge on any atom is 0.327 e. The van der Waals surface area contributed by atoms with Crippen molar-refractivity contribution in [2.45, 2.75) is 35.2 Å². The quantitative estimate of drug-likeness (QED) is 0.406. The highest BCUT2D eigenvalue weighted by atomic mass is 32.2. The number of carbonyl (C=O) groups excluding carboxylic acids is 3. The monoisotopic (exact) mass is 558 g/mol. The number of para-hydroxylation sites is 1. The molecule has 1 saturated heterocycles. The van der Waals surface area contributed by atoms with Gasteiger partial charge in [-0.15, -0.1) is 0 Å². The smallest absolute Gasteiger partial charge is 0.327 e. The number of carbonyl (C=O) groups is 3. The predicted molar refractivity (Wildman–Crippen MR) is 152 cm³/mol. The van der Waals surface area contributed by atoms with Crippen molar-refractivity contribution < 1.29 is 19.1 Å². The summed E-state index contributed by atoms with van der Waals surface area (Å²) in [5.74, 6) is 1.25. The van der Waals surface area contributed by atoms with E-state index in [2.05, 4.69) is 20.9 Å². The number of urea groups is 1. The van der Waals surface area contributed by atoms with Crippen molar-refractivity contribution in [3.8, 4) is 11.5 Å². The normalized spacial score (nSPS) is 21.4. The molecule has 1 fully saturated rings. The third-order valence-corrected chi connectivity index (χ3v) is 8.58. The number of nitrogens with one attached hydrogen (secondary N) is 3. The van der Waals surface area contributed by atoms with E-state index in [1.165, 1.54) is 11.8 Å². The lowest BCUT2D eigenvalue weighted by Gasteiger charge is -2.36. The molecule has 3 aliphatic heterocycles. The molecule has 0 spiro atoms. The second kappa shape index (κ2) is 11.2. The molecule has 4 heterocycles. The number of aromatic nitrogens is 1. The minimum Gasteiger partial charge on any atom is -0.457 e. The van der Waals surface area contributed by atoms with Gasteiger partial charge >= 0.3 is 6.03 Å². The van der Waals surface area contributed by atoms with E-state index in [0.29, 0.717) is 30.2 Å². The lowest BCUT2D eigenvalue weighted by molar-refractivity contribution is -0.132. The first-order valence-corrected chi connectivity index (χ1v) is 14.2. The maximum atomic E-state index is 13.5. The Kier molecular flexibility index (Phi) is 7.31. The molecule has 11 heteroatoms. The fourth-order valence-corrected chi connectivity index (χ4v) is 6.67. The SMILES string of the molecule is CNCC(=O)N1CCCC(NC(=O)[C@@H]2Sc3nccc4c3C2NC(=O)N4c2ccc(Oc3ccccc3)cc2)C1. The average molecular weight is 559 g/mol. The number of likely N-dealkylation sites (N-methyl/N-ethyl adjacent to an activating group) is 1. The largest absolute Gasteiger partial charge is 0.457 e. The van der Waals surface area contributed by atoms with Gasteiger partial charge in [0.05, 0.1) is 24.0 Å². The number of hydrogen-bond acceptors (Lipinski definition) is 7. The summed E-state index contributed by atoms with van der Waals surface area (Å²) in [7, 11) is 1.74. The van der Waals surface area contributed by atoms with Crippen molar-refractivity contribution in [1.82, 2.24) is 25.8 Å². The predicted octanol–water partition coefficient (Wildman–Crippen LogP) is 3.58. The molecule has 206 valence electrons. The summed E-state index contributed by atoms with van der Waals surface area (Å²) >= 11 is 1.36. The molecule has 3 aromatic rings. The second-order valence-corrected chi connectivity index (χ2v) is 11.1. The van der Waals surface area contributed by atoms with Gasteiger partial charge in [0.25, 0.3) is 0 Å². The molecule has 2 unspecified atom stereocenters. The minimum absolute atomic E-state index is 0.0252. The van der Waals surface area contributed by atoms with Crippen LogP contribution in [0.3, 0.4) is 0 Å². The van der Waals surface area contributed by atoms with E-state index in [1.54, 1.807) is 23.0 Å². The highest BCUT2D eigenvalue weighted by Crippen LogP contribution is 2.50. The molecule has 3 N–H and O–H groups in total. The zero-order valence-electron chi connectivity index (χ0n) is 22.0. The van der Waals surface area contributed by atoms with Gasteiger partial charge in [0.2, 0.25) is 11.8 Å². The maximum absolute atomic E-state index is 13.5. The molecule has 2 aromatic carbocycles. The van der Waals surface area contributed by atoms with E-state index in [4.69, 9.17) is 4.74 Å². The van der Waals surface area contributed by atoms with Crippen LogP contribution in [0, 0.1) is 0 Å². The molecule has 3 atom stereocenters. The van der Waals surface area contributed by atoms with E-state index in [1.807, 2.05) is 60.7 Å². The Hall–Kier alpha value is -4.09. The fraction of sp³-hybridized carbons (Fsp3) is 0.310. The molecule has 4 amide bonds. The standard InChI is InChI=1S/C29H30N6O4S/c1-30-16-23(36)34-15-5-6-18(17-34)32-27(37)26-25-24-22(13-14-31-28(24)40-26)35(29(38)33-25)19-9-11-21(12-10-19)39-20-7-3-2-4-8-20/h2-4,7-14,18,25-26,30H,5-6,15-17H2,1H3,(H,32,37)(H,33,38)/t18?,25?,26-/m1/s1. The summed E-state index contributed by atoms with van der Waals surface area (Å²) in [6.45, 7) is 1.45. The number of ether oxygens (including phenoxy) is 1. The summed E-state index contributed by atoms with van der Waals surface area (Å²) in [5, 5.41) is 9.25. The van der Waals surface area contributed by atoms with Gasteiger partial charge < -0.3 is 25.6 Å². The van der Waals surface area contributed by atoms with Crippen LogP contribution in [0.5, 0.6) is 11.5 Å². The number of piperidine rings is 1. The van der Waals surface area contributed by atoms with E-state index >= 15 is 0 Å². The second-order valence-electron chi connectivity index (χ2n) is 9.98. The number of anilines is 2. The Morgan fingerprint density at radius 2 is 1.88 bits per heavy atom. The van der Waals surface area contributed by atoms with Crippen molar-refractivity contribution in [3.63, 3.8) is 0 Å². The Morgan fingerprint density at radius 3 is 2.65 bits per heavy atom. The molecule has 3 aliphatic rings. The van der Waals surface area contributed by atoms with E-state index in [0.717, 1.165) is 29.2 Å². The fourth-order valence-electron chi connectivity index (χ4n) is 5.44. The Labute approximate surface area is 236 Å². The molecule has 10 nitrogen and oxygen atoms in total. The van der Waals surface area contributed by atoms with E-state index in [-0.39, 0.29) is 30.4 Å². The number of thioether (sulfide) groups is 1. The number of benzene rings is 2.